The Bertz CT molecular complexity index is 778. The number of amides is 1. The van der Waals surface area contributed by atoms with E-state index in [9.17, 15) is 4.79 Å². The van der Waals surface area contributed by atoms with Gasteiger partial charge in [-0.05, 0) is 31.4 Å². The summed E-state index contributed by atoms with van der Waals surface area (Å²) in [7, 11) is 0. The predicted molar refractivity (Wildman–Crippen MR) is 91.8 cm³/mol. The largest absolute Gasteiger partial charge is 0.374 e. The van der Waals surface area contributed by atoms with E-state index in [4.69, 9.17) is 0 Å². The van der Waals surface area contributed by atoms with Crippen LogP contribution in [0.1, 0.15) is 25.3 Å². The quantitative estimate of drug-likeness (QED) is 0.946. The number of carbonyl (C=O) groups is 1. The number of aromatic nitrogens is 1. The molecule has 23 heavy (non-hydrogen) atoms. The molecule has 1 aromatic carbocycles. The van der Waals surface area contributed by atoms with Crippen LogP contribution in [-0.4, -0.2) is 40.3 Å². The van der Waals surface area contributed by atoms with Crippen molar-refractivity contribution in [1.29, 1.82) is 0 Å². The molecule has 0 radical (unpaired) electrons. The number of nitrogens with zero attached hydrogens (tertiary/aromatic N) is 2. The Kier molecular flexibility index (Phi) is 3.22. The van der Waals surface area contributed by atoms with E-state index in [1.54, 1.807) is 0 Å². The van der Waals surface area contributed by atoms with E-state index in [0.717, 1.165) is 43.7 Å². The normalized spacial score (nSPS) is 24.3. The van der Waals surface area contributed by atoms with Crippen LogP contribution in [0.4, 0.5) is 0 Å². The number of hydrogen-bond acceptors (Lipinski definition) is 2. The molecule has 1 N–H and O–H groups in total. The first-order valence-corrected chi connectivity index (χ1v) is 8.34. The van der Waals surface area contributed by atoms with Gasteiger partial charge in [0.2, 0.25) is 5.91 Å². The van der Waals surface area contributed by atoms with Crippen LogP contribution in [-0.2, 0) is 11.3 Å². The van der Waals surface area contributed by atoms with E-state index < -0.39 is 0 Å². The van der Waals surface area contributed by atoms with Crippen LogP contribution in [0.3, 0.4) is 0 Å². The molecule has 2 aliphatic rings. The van der Waals surface area contributed by atoms with E-state index in [1.165, 1.54) is 10.9 Å². The molecule has 2 aromatic rings. The molecular formula is C19H23N3O. The highest BCUT2D eigenvalue weighted by atomic mass is 16.2. The van der Waals surface area contributed by atoms with Crippen LogP contribution < -0.4 is 0 Å². The first-order valence-electron chi connectivity index (χ1n) is 8.34. The number of aromatic amines is 1. The molecule has 4 rings (SSSR count). The van der Waals surface area contributed by atoms with Gasteiger partial charge in [0.1, 0.15) is 0 Å². The van der Waals surface area contributed by atoms with Crippen molar-refractivity contribution in [3.8, 4) is 0 Å². The summed E-state index contributed by atoms with van der Waals surface area (Å²) in [4.78, 5) is 20.6. The van der Waals surface area contributed by atoms with Gasteiger partial charge >= 0.3 is 0 Å². The van der Waals surface area contributed by atoms with Crippen LogP contribution in [0.15, 0.2) is 42.7 Å². The van der Waals surface area contributed by atoms with Gasteiger partial charge in [-0.25, -0.2) is 0 Å². The number of nitrogens with one attached hydrogen (secondary N) is 1. The van der Waals surface area contributed by atoms with Crippen molar-refractivity contribution in [2.75, 3.05) is 19.6 Å². The SMILES string of the molecule is C=C(C)N1CCC2(CCN(Cc3c[nH]c4ccccc34)C2=O)C1. The van der Waals surface area contributed by atoms with Crippen molar-refractivity contribution in [2.45, 2.75) is 26.3 Å². The zero-order valence-corrected chi connectivity index (χ0v) is 13.6. The van der Waals surface area contributed by atoms with Crippen LogP contribution in [0.2, 0.25) is 0 Å². The third-order valence-electron chi connectivity index (χ3n) is 5.53. The lowest BCUT2D eigenvalue weighted by atomic mass is 9.85. The number of carbonyl (C=O) groups excluding carboxylic acids is 1. The van der Waals surface area contributed by atoms with Crippen molar-refractivity contribution in [3.63, 3.8) is 0 Å². The lowest BCUT2D eigenvalue weighted by Gasteiger charge is -2.24. The Labute approximate surface area is 136 Å². The van der Waals surface area contributed by atoms with Crippen LogP contribution in [0, 0.1) is 5.41 Å². The fourth-order valence-corrected chi connectivity index (χ4v) is 4.09. The molecule has 1 aromatic heterocycles. The summed E-state index contributed by atoms with van der Waals surface area (Å²) in [6, 6.07) is 8.28. The molecule has 3 heterocycles. The number of para-hydroxylation sites is 1. The van der Waals surface area contributed by atoms with Gasteiger partial charge in [0.05, 0.1) is 5.41 Å². The summed E-state index contributed by atoms with van der Waals surface area (Å²) in [5, 5.41) is 1.22. The standard InChI is InChI=1S/C19H23N3O/c1-14(2)22-10-8-19(13-22)7-9-21(18(19)23)12-15-11-20-17-6-4-3-5-16(15)17/h3-6,11,20H,1,7-10,12-13H2,2H3. The Morgan fingerprint density at radius 2 is 2.09 bits per heavy atom. The summed E-state index contributed by atoms with van der Waals surface area (Å²) in [5.74, 6) is 0.325. The predicted octanol–water partition coefficient (Wildman–Crippen LogP) is 3.13. The highest BCUT2D eigenvalue weighted by molar-refractivity contribution is 5.87. The molecule has 4 nitrogen and oxygen atoms in total. The Balaban J connectivity index is 1.54. The second-order valence-electron chi connectivity index (χ2n) is 7.02. The Morgan fingerprint density at radius 3 is 2.87 bits per heavy atom. The van der Waals surface area contributed by atoms with Gasteiger partial charge in [-0.1, -0.05) is 24.8 Å². The Morgan fingerprint density at radius 1 is 1.30 bits per heavy atom. The molecule has 2 saturated heterocycles. The first kappa shape index (κ1) is 14.4. The molecule has 1 unspecified atom stereocenters. The molecule has 1 atom stereocenters. The zero-order valence-electron chi connectivity index (χ0n) is 13.6. The molecule has 1 spiro atoms. The van der Waals surface area contributed by atoms with Crippen molar-refractivity contribution in [3.05, 3.63) is 48.3 Å². The molecule has 2 aliphatic heterocycles. The van der Waals surface area contributed by atoms with E-state index in [1.807, 2.05) is 24.1 Å². The summed E-state index contributed by atoms with van der Waals surface area (Å²) in [6.07, 6.45) is 3.97. The second-order valence-corrected chi connectivity index (χ2v) is 7.02. The monoisotopic (exact) mass is 309 g/mol. The number of fused-ring (bicyclic) bond motifs is 1. The zero-order chi connectivity index (χ0) is 16.0. The minimum Gasteiger partial charge on any atom is -0.374 e. The van der Waals surface area contributed by atoms with Gasteiger partial charge in [0.15, 0.2) is 0 Å². The van der Waals surface area contributed by atoms with Crippen LogP contribution >= 0.6 is 0 Å². The van der Waals surface area contributed by atoms with E-state index in [0.29, 0.717) is 12.5 Å². The highest BCUT2D eigenvalue weighted by Crippen LogP contribution is 2.42. The van der Waals surface area contributed by atoms with Gasteiger partial charge in [-0.15, -0.1) is 0 Å². The van der Waals surface area contributed by atoms with Crippen molar-refractivity contribution < 1.29 is 4.79 Å². The number of allylic oxidation sites excluding steroid dienone is 1. The van der Waals surface area contributed by atoms with Gasteiger partial charge < -0.3 is 14.8 Å². The van der Waals surface area contributed by atoms with Crippen molar-refractivity contribution >= 4 is 16.8 Å². The summed E-state index contributed by atoms with van der Waals surface area (Å²) in [5.41, 5.74) is 3.24. The lowest BCUT2D eigenvalue weighted by molar-refractivity contribution is -0.135. The molecule has 1 amide bonds. The number of benzene rings is 1. The maximum atomic E-state index is 13.0. The third kappa shape index (κ3) is 2.24. The maximum Gasteiger partial charge on any atom is 0.231 e. The van der Waals surface area contributed by atoms with Crippen LogP contribution in [0.5, 0.6) is 0 Å². The molecular weight excluding hydrogens is 286 g/mol. The Hall–Kier alpha value is -2.23. The summed E-state index contributed by atoms with van der Waals surface area (Å²) >= 11 is 0. The average Bonchev–Trinajstić information content (AvgIpc) is 3.23. The molecule has 0 bridgehead atoms. The molecule has 0 saturated carbocycles. The van der Waals surface area contributed by atoms with Gasteiger partial charge in [0, 0.05) is 49.0 Å². The fraction of sp³-hybridized carbons (Fsp3) is 0.421. The lowest BCUT2D eigenvalue weighted by Crippen LogP contribution is -2.36. The minimum atomic E-state index is -0.176. The molecule has 120 valence electrons. The van der Waals surface area contributed by atoms with Gasteiger partial charge in [0.25, 0.3) is 0 Å². The fourth-order valence-electron chi connectivity index (χ4n) is 4.09. The van der Waals surface area contributed by atoms with E-state index in [2.05, 4.69) is 34.7 Å². The highest BCUT2D eigenvalue weighted by Gasteiger charge is 2.50. The number of hydrogen-bond donors (Lipinski definition) is 1. The average molecular weight is 309 g/mol. The summed E-state index contributed by atoms with van der Waals surface area (Å²) in [6.45, 7) is 9.43. The number of likely N-dealkylation sites (tertiary alicyclic amines) is 2. The van der Waals surface area contributed by atoms with E-state index in [-0.39, 0.29) is 5.41 Å². The topological polar surface area (TPSA) is 39.3 Å². The van der Waals surface area contributed by atoms with Gasteiger partial charge in [-0.2, -0.15) is 0 Å². The minimum absolute atomic E-state index is 0.176. The number of H-pyrrole nitrogens is 1. The molecule has 2 fully saturated rings. The smallest absolute Gasteiger partial charge is 0.231 e. The van der Waals surface area contributed by atoms with Crippen LogP contribution in [0.25, 0.3) is 10.9 Å². The van der Waals surface area contributed by atoms with Crippen molar-refractivity contribution in [2.24, 2.45) is 5.41 Å². The number of rotatable bonds is 3. The molecule has 0 aliphatic carbocycles. The summed E-state index contributed by atoms with van der Waals surface area (Å²) < 4.78 is 0. The van der Waals surface area contributed by atoms with Gasteiger partial charge in [-0.3, -0.25) is 4.79 Å². The van der Waals surface area contributed by atoms with E-state index >= 15 is 0 Å². The first-order chi connectivity index (χ1) is 11.1. The second kappa shape index (κ2) is 5.15. The third-order valence-corrected chi connectivity index (χ3v) is 5.53. The van der Waals surface area contributed by atoms with Crippen molar-refractivity contribution in [1.82, 2.24) is 14.8 Å². The molecule has 4 heteroatoms. The maximum absolute atomic E-state index is 13.0.